The molecule has 0 aliphatic heterocycles. The molecule has 3 aromatic carbocycles. The van der Waals surface area contributed by atoms with Gasteiger partial charge in [0.15, 0.2) is 0 Å². The summed E-state index contributed by atoms with van der Waals surface area (Å²) in [6.07, 6.45) is 5.21. The fourth-order valence-corrected chi connectivity index (χ4v) is 5.11. The van der Waals surface area contributed by atoms with Crippen LogP contribution in [0.4, 0.5) is 11.6 Å². The van der Waals surface area contributed by atoms with Crippen molar-refractivity contribution in [3.63, 3.8) is 0 Å². The highest BCUT2D eigenvalue weighted by Gasteiger charge is 2.22. The molecule has 5 rings (SSSR count). The van der Waals surface area contributed by atoms with Crippen molar-refractivity contribution in [2.45, 2.75) is 45.1 Å². The minimum absolute atomic E-state index is 0.0746. The van der Waals surface area contributed by atoms with Gasteiger partial charge in [-0.3, -0.25) is 19.7 Å². The number of hydrogen-bond donors (Lipinski definition) is 2. The van der Waals surface area contributed by atoms with Gasteiger partial charge in [-0.25, -0.2) is 4.98 Å². The number of anilines is 2. The molecule has 1 aliphatic carbocycles. The van der Waals surface area contributed by atoms with Crippen LogP contribution >= 0.6 is 0 Å². The van der Waals surface area contributed by atoms with E-state index in [1.165, 1.54) is 12.8 Å². The smallest absolute Gasteiger partial charge is 0.258 e. The van der Waals surface area contributed by atoms with Crippen LogP contribution < -0.4 is 20.7 Å². The van der Waals surface area contributed by atoms with Crippen molar-refractivity contribution in [3.05, 3.63) is 78.4 Å². The zero-order valence-electron chi connectivity index (χ0n) is 22.5. The Labute approximate surface area is 232 Å². The van der Waals surface area contributed by atoms with Crippen LogP contribution in [-0.2, 0) is 16.1 Å². The molecule has 3 N–H and O–H groups in total. The van der Waals surface area contributed by atoms with Gasteiger partial charge in [0.1, 0.15) is 11.5 Å². The van der Waals surface area contributed by atoms with Crippen molar-refractivity contribution >= 4 is 40.4 Å². The Morgan fingerprint density at radius 3 is 2.50 bits per heavy atom. The van der Waals surface area contributed by atoms with Gasteiger partial charge in [0.05, 0.1) is 11.0 Å². The number of nitrogens with one attached hydrogen (secondary N) is 1. The summed E-state index contributed by atoms with van der Waals surface area (Å²) in [5, 5.41) is 2.88. The molecule has 1 fully saturated rings. The van der Waals surface area contributed by atoms with E-state index in [9.17, 15) is 14.4 Å². The topological polar surface area (TPSA) is 120 Å². The lowest BCUT2D eigenvalue weighted by atomic mass is 10.0. The Bertz CT molecular complexity index is 1530. The zero-order chi connectivity index (χ0) is 28.1. The molecule has 9 nitrogen and oxygen atoms in total. The van der Waals surface area contributed by atoms with Crippen molar-refractivity contribution in [1.29, 1.82) is 0 Å². The number of amides is 3. The van der Waals surface area contributed by atoms with E-state index in [1.54, 1.807) is 40.8 Å². The van der Waals surface area contributed by atoms with Crippen LogP contribution in [0.25, 0.3) is 11.0 Å². The van der Waals surface area contributed by atoms with E-state index in [4.69, 9.17) is 10.5 Å². The fourth-order valence-electron chi connectivity index (χ4n) is 5.11. The molecular weight excluding hydrogens is 506 g/mol. The molecule has 1 aliphatic rings. The Morgan fingerprint density at radius 1 is 1.00 bits per heavy atom. The van der Waals surface area contributed by atoms with Crippen LogP contribution in [-0.4, -0.2) is 34.3 Å². The first-order valence-corrected chi connectivity index (χ1v) is 13.6. The van der Waals surface area contributed by atoms with E-state index in [0.29, 0.717) is 34.9 Å². The lowest BCUT2D eigenvalue weighted by molar-refractivity contribution is -0.119. The molecule has 0 bridgehead atoms. The van der Waals surface area contributed by atoms with E-state index >= 15 is 0 Å². The summed E-state index contributed by atoms with van der Waals surface area (Å²) in [5.74, 6) is 1.16. The van der Waals surface area contributed by atoms with E-state index in [1.807, 2.05) is 48.5 Å². The third-order valence-electron chi connectivity index (χ3n) is 7.31. The van der Waals surface area contributed by atoms with Gasteiger partial charge in [-0.15, -0.1) is 0 Å². The Morgan fingerprint density at radius 2 is 1.75 bits per heavy atom. The van der Waals surface area contributed by atoms with Crippen LogP contribution in [0.1, 0.15) is 48.9 Å². The molecule has 1 aromatic heterocycles. The molecular formula is C31H33N5O4. The highest BCUT2D eigenvalue weighted by atomic mass is 16.5. The molecule has 4 aromatic rings. The summed E-state index contributed by atoms with van der Waals surface area (Å²) in [6.45, 7) is 0.244. The predicted octanol–water partition coefficient (Wildman–Crippen LogP) is 5.50. The Hall–Kier alpha value is -4.66. The van der Waals surface area contributed by atoms with Gasteiger partial charge in [-0.1, -0.05) is 37.1 Å². The SMILES string of the molecule is CN(C(=O)CC1CCCC1)c1ccc2c(c1)nc(NC(=O)c1cccc(Oc3ccccc3)c1)n2CCC(N)=O. The average Bonchev–Trinajstić information content (AvgIpc) is 3.59. The molecule has 0 unspecified atom stereocenters. The van der Waals surface area contributed by atoms with Crippen LogP contribution in [0.3, 0.4) is 0 Å². The largest absolute Gasteiger partial charge is 0.457 e. The average molecular weight is 540 g/mol. The number of carbonyl (C=O) groups excluding carboxylic acids is 3. The molecule has 9 heteroatoms. The minimum Gasteiger partial charge on any atom is -0.457 e. The number of aromatic nitrogens is 2. The maximum atomic E-state index is 13.3. The van der Waals surface area contributed by atoms with Crippen molar-refractivity contribution in [2.24, 2.45) is 11.7 Å². The molecule has 1 heterocycles. The molecule has 0 radical (unpaired) electrons. The molecule has 3 amide bonds. The summed E-state index contributed by atoms with van der Waals surface area (Å²) in [7, 11) is 1.77. The van der Waals surface area contributed by atoms with Gasteiger partial charge < -0.3 is 19.9 Å². The van der Waals surface area contributed by atoms with Gasteiger partial charge in [-0.05, 0) is 67.3 Å². The van der Waals surface area contributed by atoms with Crippen LogP contribution in [0.5, 0.6) is 11.5 Å². The quantitative estimate of drug-likeness (QED) is 0.276. The molecule has 1 saturated carbocycles. The Kier molecular flexibility index (Phi) is 8.10. The molecule has 0 spiro atoms. The number of imidazole rings is 1. The second kappa shape index (κ2) is 12.0. The summed E-state index contributed by atoms with van der Waals surface area (Å²) < 4.78 is 7.62. The second-order valence-corrected chi connectivity index (χ2v) is 10.2. The highest BCUT2D eigenvalue weighted by molar-refractivity contribution is 6.04. The Balaban J connectivity index is 1.38. The number of fused-ring (bicyclic) bond motifs is 1. The molecule has 0 saturated heterocycles. The first-order chi connectivity index (χ1) is 19.4. The second-order valence-electron chi connectivity index (χ2n) is 10.2. The molecule has 0 atom stereocenters. The zero-order valence-corrected chi connectivity index (χ0v) is 22.5. The van der Waals surface area contributed by atoms with Gasteiger partial charge >= 0.3 is 0 Å². The number of benzene rings is 3. The number of primary amides is 1. The van der Waals surface area contributed by atoms with Gasteiger partial charge in [-0.2, -0.15) is 0 Å². The maximum Gasteiger partial charge on any atom is 0.258 e. The fraction of sp³-hybridized carbons (Fsp3) is 0.290. The normalized spacial score (nSPS) is 13.3. The predicted molar refractivity (Wildman–Crippen MR) is 154 cm³/mol. The highest BCUT2D eigenvalue weighted by Crippen LogP contribution is 2.30. The van der Waals surface area contributed by atoms with Crippen molar-refractivity contribution in [2.75, 3.05) is 17.3 Å². The summed E-state index contributed by atoms with van der Waals surface area (Å²) in [6, 6.07) is 21.7. The number of ether oxygens (including phenoxy) is 1. The van der Waals surface area contributed by atoms with Gasteiger partial charge in [0.2, 0.25) is 17.8 Å². The van der Waals surface area contributed by atoms with E-state index in [0.717, 1.165) is 24.0 Å². The minimum atomic E-state index is -0.459. The lowest BCUT2D eigenvalue weighted by Crippen LogP contribution is -2.27. The molecule has 206 valence electrons. The number of nitrogens with two attached hydrogens (primary N) is 1. The van der Waals surface area contributed by atoms with Gasteiger partial charge in [0.25, 0.3) is 5.91 Å². The van der Waals surface area contributed by atoms with Crippen molar-refractivity contribution < 1.29 is 19.1 Å². The number of para-hydroxylation sites is 1. The number of hydrogen-bond acceptors (Lipinski definition) is 5. The molecule has 40 heavy (non-hydrogen) atoms. The number of rotatable bonds is 10. The number of aryl methyl sites for hydroxylation is 1. The van der Waals surface area contributed by atoms with Crippen molar-refractivity contribution in [1.82, 2.24) is 9.55 Å². The third kappa shape index (κ3) is 6.31. The van der Waals surface area contributed by atoms with E-state index < -0.39 is 5.91 Å². The van der Waals surface area contributed by atoms with Gasteiger partial charge in [0, 0.05) is 37.7 Å². The van der Waals surface area contributed by atoms with Crippen LogP contribution in [0.15, 0.2) is 72.8 Å². The van der Waals surface area contributed by atoms with Crippen molar-refractivity contribution in [3.8, 4) is 11.5 Å². The summed E-state index contributed by atoms with van der Waals surface area (Å²) in [4.78, 5) is 44.1. The number of carbonyl (C=O) groups is 3. The first-order valence-electron chi connectivity index (χ1n) is 13.6. The summed E-state index contributed by atoms with van der Waals surface area (Å²) >= 11 is 0. The monoisotopic (exact) mass is 539 g/mol. The first kappa shape index (κ1) is 26.9. The van der Waals surface area contributed by atoms with Crippen LogP contribution in [0, 0.1) is 5.92 Å². The summed E-state index contributed by atoms with van der Waals surface area (Å²) in [5.41, 5.74) is 7.85. The number of nitrogens with zero attached hydrogens (tertiary/aromatic N) is 3. The standard InChI is InChI=1S/C31H33N5O4/c1-35(29(38)18-21-8-5-6-9-21)23-14-15-27-26(20-23)33-31(36(27)17-16-28(32)37)34-30(39)22-10-7-13-25(19-22)40-24-11-3-2-4-12-24/h2-4,7,10-15,19-21H,5-6,8-9,16-18H2,1H3,(H2,32,37)(H,33,34,39). The van der Waals surface area contributed by atoms with Crippen LogP contribution in [0.2, 0.25) is 0 Å². The lowest BCUT2D eigenvalue weighted by Gasteiger charge is -2.19. The van der Waals surface area contributed by atoms with E-state index in [-0.39, 0.29) is 30.7 Å². The van der Waals surface area contributed by atoms with E-state index in [2.05, 4.69) is 10.3 Å². The third-order valence-corrected chi connectivity index (χ3v) is 7.31. The maximum absolute atomic E-state index is 13.3.